The molecule has 1 heterocycles. The van der Waals surface area contributed by atoms with Crippen molar-refractivity contribution in [1.82, 2.24) is 10.6 Å². The summed E-state index contributed by atoms with van der Waals surface area (Å²) in [6.07, 6.45) is 4.55. The predicted octanol–water partition coefficient (Wildman–Crippen LogP) is 1.42. The number of rotatable bonds is 4. The van der Waals surface area contributed by atoms with Gasteiger partial charge in [0.25, 0.3) is 0 Å². The fourth-order valence-electron chi connectivity index (χ4n) is 3.34. The van der Waals surface area contributed by atoms with Gasteiger partial charge in [-0.3, -0.25) is 9.59 Å². The smallest absolute Gasteiger partial charge is 0.237 e. The van der Waals surface area contributed by atoms with Gasteiger partial charge >= 0.3 is 0 Å². The molecule has 3 rings (SSSR count). The van der Waals surface area contributed by atoms with Crippen LogP contribution in [0.3, 0.4) is 0 Å². The van der Waals surface area contributed by atoms with E-state index in [1.807, 2.05) is 0 Å². The van der Waals surface area contributed by atoms with Crippen molar-refractivity contribution in [3.8, 4) is 5.75 Å². The number of hydrogen-bond donors (Lipinski definition) is 3. The summed E-state index contributed by atoms with van der Waals surface area (Å²) >= 11 is 0. The molecule has 0 radical (unpaired) electrons. The average Bonchev–Trinajstić information content (AvgIpc) is 2.56. The SMILES string of the molecule is COc1ccc(NC(=O)C[C@H]2N[C@@H]3CCCC[C@@H]3NC2=O)cc1. The van der Waals surface area contributed by atoms with Gasteiger partial charge in [-0.1, -0.05) is 12.8 Å². The topological polar surface area (TPSA) is 79.5 Å². The maximum Gasteiger partial charge on any atom is 0.237 e. The monoisotopic (exact) mass is 317 g/mol. The van der Waals surface area contributed by atoms with E-state index in [2.05, 4.69) is 16.0 Å². The molecule has 124 valence electrons. The summed E-state index contributed by atoms with van der Waals surface area (Å²) in [5.41, 5.74) is 0.697. The molecule has 0 aromatic heterocycles. The van der Waals surface area contributed by atoms with Crippen molar-refractivity contribution in [3.05, 3.63) is 24.3 Å². The minimum Gasteiger partial charge on any atom is -0.497 e. The van der Waals surface area contributed by atoms with Crippen LogP contribution in [0.5, 0.6) is 5.75 Å². The summed E-state index contributed by atoms with van der Waals surface area (Å²) in [5.74, 6) is 0.495. The van der Waals surface area contributed by atoms with Crippen LogP contribution in [0, 0.1) is 0 Å². The number of carbonyl (C=O) groups is 2. The van der Waals surface area contributed by atoms with E-state index in [0.717, 1.165) is 25.0 Å². The van der Waals surface area contributed by atoms with Gasteiger partial charge in [-0.2, -0.15) is 0 Å². The fraction of sp³-hybridized carbons (Fsp3) is 0.529. The number of hydrogen-bond acceptors (Lipinski definition) is 4. The molecule has 0 unspecified atom stereocenters. The van der Waals surface area contributed by atoms with Crippen LogP contribution in [0.1, 0.15) is 32.1 Å². The Labute approximate surface area is 136 Å². The lowest BCUT2D eigenvalue weighted by Gasteiger charge is -2.40. The third-order valence-electron chi connectivity index (χ3n) is 4.59. The van der Waals surface area contributed by atoms with Gasteiger partial charge in [0.1, 0.15) is 5.75 Å². The Morgan fingerprint density at radius 3 is 2.61 bits per heavy atom. The highest BCUT2D eigenvalue weighted by Gasteiger charge is 2.36. The summed E-state index contributed by atoms with van der Waals surface area (Å²) in [6, 6.07) is 7.19. The van der Waals surface area contributed by atoms with Crippen LogP contribution in [0.25, 0.3) is 0 Å². The standard InChI is InChI=1S/C17H23N3O3/c1-23-12-8-6-11(7-9-12)18-16(21)10-15-17(22)20-14-5-3-2-4-13(14)19-15/h6-9,13-15,19H,2-5,10H2,1H3,(H,18,21)(H,20,22)/t13-,14+,15-/m1/s1. The van der Waals surface area contributed by atoms with E-state index in [-0.39, 0.29) is 24.3 Å². The van der Waals surface area contributed by atoms with Crippen molar-refractivity contribution in [2.45, 2.75) is 50.2 Å². The van der Waals surface area contributed by atoms with Crippen LogP contribution in [0.15, 0.2) is 24.3 Å². The zero-order valence-electron chi connectivity index (χ0n) is 13.3. The van der Waals surface area contributed by atoms with Crippen LogP contribution >= 0.6 is 0 Å². The Hall–Kier alpha value is -2.08. The van der Waals surface area contributed by atoms with E-state index < -0.39 is 6.04 Å². The highest BCUT2D eigenvalue weighted by molar-refractivity contribution is 5.95. The Bertz CT molecular complexity index is 573. The van der Waals surface area contributed by atoms with Crippen molar-refractivity contribution in [3.63, 3.8) is 0 Å². The van der Waals surface area contributed by atoms with Crippen LogP contribution < -0.4 is 20.7 Å². The first kappa shape index (κ1) is 15.8. The molecular weight excluding hydrogens is 294 g/mol. The van der Waals surface area contributed by atoms with Crippen molar-refractivity contribution in [1.29, 1.82) is 0 Å². The molecule has 1 aliphatic carbocycles. The second-order valence-corrected chi connectivity index (χ2v) is 6.21. The van der Waals surface area contributed by atoms with Crippen molar-refractivity contribution in [2.75, 3.05) is 12.4 Å². The molecule has 23 heavy (non-hydrogen) atoms. The first-order valence-corrected chi connectivity index (χ1v) is 8.16. The number of nitrogens with one attached hydrogen (secondary N) is 3. The molecule has 0 bridgehead atoms. The molecule has 1 saturated heterocycles. The Kier molecular flexibility index (Phi) is 4.81. The fourth-order valence-corrected chi connectivity index (χ4v) is 3.34. The summed E-state index contributed by atoms with van der Waals surface area (Å²) in [6.45, 7) is 0. The van der Waals surface area contributed by atoms with E-state index in [1.165, 1.54) is 6.42 Å². The lowest BCUT2D eigenvalue weighted by molar-refractivity contribution is -0.129. The molecule has 1 aromatic carbocycles. The van der Waals surface area contributed by atoms with Crippen LogP contribution in [0.2, 0.25) is 0 Å². The Balaban J connectivity index is 1.55. The summed E-state index contributed by atoms with van der Waals surface area (Å²) in [5, 5.41) is 9.22. The first-order chi connectivity index (χ1) is 11.2. The van der Waals surface area contributed by atoms with Gasteiger partial charge in [0.15, 0.2) is 0 Å². The van der Waals surface area contributed by atoms with Crippen molar-refractivity contribution in [2.24, 2.45) is 0 Å². The van der Waals surface area contributed by atoms with Gasteiger partial charge < -0.3 is 20.7 Å². The molecule has 6 nitrogen and oxygen atoms in total. The van der Waals surface area contributed by atoms with Crippen LogP contribution in [-0.2, 0) is 9.59 Å². The third kappa shape index (κ3) is 3.82. The zero-order chi connectivity index (χ0) is 16.2. The summed E-state index contributed by atoms with van der Waals surface area (Å²) in [7, 11) is 1.60. The number of amides is 2. The number of piperazine rings is 1. The summed E-state index contributed by atoms with van der Waals surface area (Å²) in [4.78, 5) is 24.3. The van der Waals surface area contributed by atoms with Crippen molar-refractivity contribution >= 4 is 17.5 Å². The number of benzene rings is 1. The second kappa shape index (κ2) is 7.00. The number of methoxy groups -OCH3 is 1. The molecule has 1 saturated carbocycles. The van der Waals surface area contributed by atoms with E-state index in [1.54, 1.807) is 31.4 Å². The number of carbonyl (C=O) groups excluding carboxylic acids is 2. The predicted molar refractivity (Wildman–Crippen MR) is 87.4 cm³/mol. The van der Waals surface area contributed by atoms with E-state index in [4.69, 9.17) is 4.74 Å². The number of ether oxygens (including phenoxy) is 1. The highest BCUT2D eigenvalue weighted by Crippen LogP contribution is 2.22. The molecule has 3 atom stereocenters. The lowest BCUT2D eigenvalue weighted by atomic mass is 9.87. The average molecular weight is 317 g/mol. The van der Waals surface area contributed by atoms with Crippen LogP contribution in [-0.4, -0.2) is 37.0 Å². The quantitative estimate of drug-likeness (QED) is 0.785. The number of fused-ring (bicyclic) bond motifs is 1. The number of anilines is 1. The third-order valence-corrected chi connectivity index (χ3v) is 4.59. The maximum atomic E-state index is 12.2. The first-order valence-electron chi connectivity index (χ1n) is 8.16. The lowest BCUT2D eigenvalue weighted by Crippen LogP contribution is -2.65. The molecule has 2 aliphatic rings. The molecule has 1 aliphatic heterocycles. The van der Waals surface area contributed by atoms with Gasteiger partial charge in [-0.15, -0.1) is 0 Å². The molecule has 3 N–H and O–H groups in total. The minimum absolute atomic E-state index is 0.0713. The molecule has 2 amide bonds. The van der Waals surface area contributed by atoms with Gasteiger partial charge in [0.2, 0.25) is 11.8 Å². The van der Waals surface area contributed by atoms with Gasteiger partial charge in [0, 0.05) is 17.8 Å². The van der Waals surface area contributed by atoms with E-state index >= 15 is 0 Å². The largest absolute Gasteiger partial charge is 0.497 e. The minimum atomic E-state index is -0.451. The van der Waals surface area contributed by atoms with E-state index in [9.17, 15) is 9.59 Å². The molecule has 2 fully saturated rings. The van der Waals surface area contributed by atoms with Crippen LogP contribution in [0.4, 0.5) is 5.69 Å². The Morgan fingerprint density at radius 2 is 1.91 bits per heavy atom. The normalized spacial score (nSPS) is 26.8. The molecule has 6 heteroatoms. The van der Waals surface area contributed by atoms with E-state index in [0.29, 0.717) is 11.7 Å². The Morgan fingerprint density at radius 1 is 1.22 bits per heavy atom. The zero-order valence-corrected chi connectivity index (χ0v) is 13.3. The molecular formula is C17H23N3O3. The highest BCUT2D eigenvalue weighted by atomic mass is 16.5. The maximum absolute atomic E-state index is 12.2. The van der Waals surface area contributed by atoms with Gasteiger partial charge in [-0.25, -0.2) is 0 Å². The van der Waals surface area contributed by atoms with Gasteiger partial charge in [0.05, 0.1) is 19.6 Å². The van der Waals surface area contributed by atoms with Gasteiger partial charge in [-0.05, 0) is 37.1 Å². The van der Waals surface area contributed by atoms with Crippen molar-refractivity contribution < 1.29 is 14.3 Å². The molecule has 0 spiro atoms. The summed E-state index contributed by atoms with van der Waals surface area (Å²) < 4.78 is 5.08. The second-order valence-electron chi connectivity index (χ2n) is 6.21. The molecule has 1 aromatic rings.